The van der Waals surface area contributed by atoms with Gasteiger partial charge in [0.05, 0.1) is 5.56 Å². The molecule has 19 heavy (non-hydrogen) atoms. The van der Waals surface area contributed by atoms with Crippen molar-refractivity contribution in [3.8, 4) is 5.75 Å². The van der Waals surface area contributed by atoms with Crippen LogP contribution in [0, 0.1) is 5.82 Å². The Morgan fingerprint density at radius 1 is 1.47 bits per heavy atom. The van der Waals surface area contributed by atoms with Gasteiger partial charge in [-0.05, 0) is 37.8 Å². The highest BCUT2D eigenvalue weighted by Gasteiger charge is 2.30. The number of phenolic OH excluding ortho intramolecular Hbond substituents is 1. The molecule has 5 heteroatoms. The topological polar surface area (TPSA) is 60.8 Å². The molecular weight excluding hydrogens is 249 g/mol. The molecule has 1 aromatic carbocycles. The van der Waals surface area contributed by atoms with Crippen LogP contribution < -0.4 is 0 Å². The molecule has 1 aliphatic rings. The third-order valence-electron chi connectivity index (χ3n) is 3.52. The summed E-state index contributed by atoms with van der Waals surface area (Å²) in [6.45, 7) is 0.724. The van der Waals surface area contributed by atoms with Gasteiger partial charge in [0.25, 0.3) is 5.91 Å². The van der Waals surface area contributed by atoms with Gasteiger partial charge in [-0.15, -0.1) is 0 Å². The lowest BCUT2D eigenvalue weighted by atomic mass is 10.1. The highest BCUT2D eigenvalue weighted by Crippen LogP contribution is 2.25. The SMILES string of the molecule is O=C(c1ccc(O)cc1F)N1CCCC1CCCO. The summed E-state index contributed by atoms with van der Waals surface area (Å²) in [6, 6.07) is 3.66. The molecule has 4 nitrogen and oxygen atoms in total. The quantitative estimate of drug-likeness (QED) is 0.876. The summed E-state index contributed by atoms with van der Waals surface area (Å²) in [5.74, 6) is -1.22. The van der Waals surface area contributed by atoms with Crippen molar-refractivity contribution < 1.29 is 19.4 Å². The van der Waals surface area contributed by atoms with Crippen molar-refractivity contribution in [2.24, 2.45) is 0 Å². The van der Waals surface area contributed by atoms with Crippen LogP contribution in [0.4, 0.5) is 4.39 Å². The van der Waals surface area contributed by atoms with E-state index < -0.39 is 5.82 Å². The van der Waals surface area contributed by atoms with E-state index in [9.17, 15) is 9.18 Å². The highest BCUT2D eigenvalue weighted by atomic mass is 19.1. The van der Waals surface area contributed by atoms with E-state index in [-0.39, 0.29) is 29.9 Å². The van der Waals surface area contributed by atoms with Crippen molar-refractivity contribution in [3.05, 3.63) is 29.6 Å². The first-order chi connectivity index (χ1) is 9.13. The highest BCUT2D eigenvalue weighted by molar-refractivity contribution is 5.95. The van der Waals surface area contributed by atoms with Crippen molar-refractivity contribution in [1.29, 1.82) is 0 Å². The number of hydrogen-bond donors (Lipinski definition) is 2. The van der Waals surface area contributed by atoms with Crippen LogP contribution in [0.1, 0.15) is 36.0 Å². The lowest BCUT2D eigenvalue weighted by Gasteiger charge is -2.24. The number of phenols is 1. The zero-order chi connectivity index (χ0) is 13.8. The van der Waals surface area contributed by atoms with Gasteiger partial charge in [0.15, 0.2) is 0 Å². The molecule has 2 N–H and O–H groups in total. The number of halogens is 1. The number of likely N-dealkylation sites (tertiary alicyclic amines) is 1. The summed E-state index contributed by atoms with van der Waals surface area (Å²) in [6.07, 6.45) is 3.18. The Kier molecular flexibility index (Phi) is 4.37. The second-order valence-corrected chi connectivity index (χ2v) is 4.82. The smallest absolute Gasteiger partial charge is 0.257 e. The predicted octanol–water partition coefficient (Wildman–Crippen LogP) is 1.91. The summed E-state index contributed by atoms with van der Waals surface area (Å²) in [4.78, 5) is 14.0. The fourth-order valence-electron chi connectivity index (χ4n) is 2.56. The summed E-state index contributed by atoms with van der Waals surface area (Å²) in [7, 11) is 0. The van der Waals surface area contributed by atoms with Gasteiger partial charge in [-0.2, -0.15) is 0 Å². The number of hydrogen-bond acceptors (Lipinski definition) is 3. The molecule has 0 bridgehead atoms. The molecule has 1 saturated heterocycles. The van der Waals surface area contributed by atoms with Crippen LogP contribution in [0.15, 0.2) is 18.2 Å². The van der Waals surface area contributed by atoms with Crippen LogP contribution in [0.5, 0.6) is 5.75 Å². The molecule has 0 saturated carbocycles. The molecular formula is C14H18FNO3. The molecule has 0 aliphatic carbocycles. The second-order valence-electron chi connectivity index (χ2n) is 4.82. The van der Waals surface area contributed by atoms with Gasteiger partial charge in [0.2, 0.25) is 0 Å². The Morgan fingerprint density at radius 3 is 2.95 bits per heavy atom. The Hall–Kier alpha value is -1.62. The maximum Gasteiger partial charge on any atom is 0.257 e. The Morgan fingerprint density at radius 2 is 2.26 bits per heavy atom. The predicted molar refractivity (Wildman–Crippen MR) is 68.4 cm³/mol. The molecule has 1 aliphatic heterocycles. The van der Waals surface area contributed by atoms with E-state index in [2.05, 4.69) is 0 Å². The molecule has 104 valence electrons. The molecule has 0 spiro atoms. The van der Waals surface area contributed by atoms with E-state index in [0.717, 1.165) is 25.3 Å². The van der Waals surface area contributed by atoms with Crippen molar-refractivity contribution in [3.63, 3.8) is 0 Å². The minimum absolute atomic E-state index is 0.00583. The summed E-state index contributed by atoms with van der Waals surface area (Å²) >= 11 is 0. The monoisotopic (exact) mass is 267 g/mol. The van der Waals surface area contributed by atoms with E-state index in [1.165, 1.54) is 12.1 Å². The fraction of sp³-hybridized carbons (Fsp3) is 0.500. The minimum atomic E-state index is -0.696. The van der Waals surface area contributed by atoms with Gasteiger partial charge in [-0.25, -0.2) is 4.39 Å². The van der Waals surface area contributed by atoms with Crippen molar-refractivity contribution in [2.75, 3.05) is 13.2 Å². The number of aliphatic hydroxyl groups excluding tert-OH is 1. The number of nitrogens with zero attached hydrogens (tertiary/aromatic N) is 1. The van der Waals surface area contributed by atoms with E-state index >= 15 is 0 Å². The molecule has 0 radical (unpaired) electrons. The fourth-order valence-corrected chi connectivity index (χ4v) is 2.56. The maximum absolute atomic E-state index is 13.7. The Labute approximate surface area is 111 Å². The first kappa shape index (κ1) is 13.8. The molecule has 1 amide bonds. The minimum Gasteiger partial charge on any atom is -0.508 e. The number of carbonyl (C=O) groups is 1. The van der Waals surface area contributed by atoms with Crippen LogP contribution in [0.3, 0.4) is 0 Å². The number of aliphatic hydroxyl groups is 1. The number of aromatic hydroxyl groups is 1. The lowest BCUT2D eigenvalue weighted by molar-refractivity contribution is 0.0719. The van der Waals surface area contributed by atoms with Crippen LogP contribution >= 0.6 is 0 Å². The third-order valence-corrected chi connectivity index (χ3v) is 3.52. The van der Waals surface area contributed by atoms with E-state index in [1.807, 2.05) is 0 Å². The van der Waals surface area contributed by atoms with Crippen molar-refractivity contribution >= 4 is 5.91 Å². The van der Waals surface area contributed by atoms with Gasteiger partial charge in [0, 0.05) is 25.3 Å². The van der Waals surface area contributed by atoms with E-state index in [4.69, 9.17) is 10.2 Å². The average molecular weight is 267 g/mol. The number of rotatable bonds is 4. The summed E-state index contributed by atoms with van der Waals surface area (Å²) in [5, 5.41) is 18.0. The van der Waals surface area contributed by atoms with Gasteiger partial charge >= 0.3 is 0 Å². The maximum atomic E-state index is 13.7. The average Bonchev–Trinajstić information content (AvgIpc) is 2.83. The zero-order valence-corrected chi connectivity index (χ0v) is 10.7. The van der Waals surface area contributed by atoms with E-state index in [1.54, 1.807) is 4.90 Å². The molecule has 1 unspecified atom stereocenters. The Bertz CT molecular complexity index is 464. The van der Waals surface area contributed by atoms with Gasteiger partial charge in [0.1, 0.15) is 11.6 Å². The first-order valence-corrected chi connectivity index (χ1v) is 6.54. The summed E-state index contributed by atoms with van der Waals surface area (Å²) < 4.78 is 13.7. The van der Waals surface area contributed by atoms with Crippen LogP contribution in [-0.4, -0.2) is 40.2 Å². The Balaban J connectivity index is 2.13. The largest absolute Gasteiger partial charge is 0.508 e. The molecule has 0 aromatic heterocycles. The van der Waals surface area contributed by atoms with E-state index in [0.29, 0.717) is 13.0 Å². The van der Waals surface area contributed by atoms with Gasteiger partial charge in [-0.3, -0.25) is 4.79 Å². The zero-order valence-electron chi connectivity index (χ0n) is 10.7. The number of benzene rings is 1. The molecule has 1 atom stereocenters. The standard InChI is InChI=1S/C14H18FNO3/c15-13-9-11(18)5-6-12(13)14(19)16-7-1-3-10(16)4-2-8-17/h5-6,9-10,17-18H,1-4,7-8H2. The summed E-state index contributed by atoms with van der Waals surface area (Å²) in [5.41, 5.74) is -0.00583. The normalized spacial score (nSPS) is 18.8. The van der Waals surface area contributed by atoms with Crippen LogP contribution in [0.25, 0.3) is 0 Å². The van der Waals surface area contributed by atoms with Crippen molar-refractivity contribution in [1.82, 2.24) is 4.90 Å². The third kappa shape index (κ3) is 3.04. The van der Waals surface area contributed by atoms with Gasteiger partial charge < -0.3 is 15.1 Å². The van der Waals surface area contributed by atoms with Crippen molar-refractivity contribution in [2.45, 2.75) is 31.7 Å². The molecule has 1 aromatic rings. The molecule has 1 fully saturated rings. The number of carbonyl (C=O) groups excluding carboxylic acids is 1. The molecule has 1 heterocycles. The van der Waals surface area contributed by atoms with Crippen LogP contribution in [0.2, 0.25) is 0 Å². The first-order valence-electron chi connectivity index (χ1n) is 6.54. The second kappa shape index (κ2) is 6.02. The molecule has 2 rings (SSSR count). The lowest BCUT2D eigenvalue weighted by Crippen LogP contribution is -2.36. The van der Waals surface area contributed by atoms with Gasteiger partial charge in [-0.1, -0.05) is 0 Å². The number of amides is 1. The van der Waals surface area contributed by atoms with Crippen LogP contribution in [-0.2, 0) is 0 Å².